The highest BCUT2D eigenvalue weighted by atomic mass is 16.3. The van der Waals surface area contributed by atoms with E-state index in [0.29, 0.717) is 12.5 Å². The van der Waals surface area contributed by atoms with Gasteiger partial charge in [0.15, 0.2) is 0 Å². The number of nitrogens with zero attached hydrogens (tertiary/aromatic N) is 5. The summed E-state index contributed by atoms with van der Waals surface area (Å²) in [4.78, 5) is 11.5. The Kier molecular flexibility index (Phi) is 4.61. The standard InChI is InChI=1S/C17H25N5O/c1-4-16-19-12(2)8-17(20-16)22-7-5-6-14(22)9-15(23)13-10-18-21(3)11-13/h8,10-11,14-15,23H,4-7,9H2,1-3H3. The molecule has 3 heterocycles. The van der Waals surface area contributed by atoms with Gasteiger partial charge in [-0.3, -0.25) is 4.68 Å². The zero-order chi connectivity index (χ0) is 16.4. The first-order valence-electron chi connectivity index (χ1n) is 8.34. The topological polar surface area (TPSA) is 67.1 Å². The van der Waals surface area contributed by atoms with Crippen molar-refractivity contribution in [3.63, 3.8) is 0 Å². The van der Waals surface area contributed by atoms with E-state index in [1.807, 2.05) is 26.2 Å². The first kappa shape index (κ1) is 15.9. The molecule has 23 heavy (non-hydrogen) atoms. The molecule has 0 aliphatic carbocycles. The maximum absolute atomic E-state index is 10.5. The molecule has 0 bridgehead atoms. The van der Waals surface area contributed by atoms with E-state index < -0.39 is 6.10 Å². The van der Waals surface area contributed by atoms with Crippen LogP contribution >= 0.6 is 0 Å². The maximum Gasteiger partial charge on any atom is 0.132 e. The predicted molar refractivity (Wildman–Crippen MR) is 89.3 cm³/mol. The van der Waals surface area contributed by atoms with E-state index in [4.69, 9.17) is 0 Å². The van der Waals surface area contributed by atoms with Gasteiger partial charge in [-0.2, -0.15) is 5.10 Å². The molecule has 0 spiro atoms. The third kappa shape index (κ3) is 3.52. The fourth-order valence-corrected chi connectivity index (χ4v) is 3.31. The lowest BCUT2D eigenvalue weighted by molar-refractivity contribution is 0.158. The van der Waals surface area contributed by atoms with Crippen LogP contribution in [0.15, 0.2) is 18.5 Å². The van der Waals surface area contributed by atoms with Crippen molar-refractivity contribution < 1.29 is 5.11 Å². The fraction of sp³-hybridized carbons (Fsp3) is 0.588. The van der Waals surface area contributed by atoms with Crippen molar-refractivity contribution >= 4 is 5.82 Å². The van der Waals surface area contributed by atoms with Crippen molar-refractivity contribution in [2.45, 2.75) is 51.7 Å². The van der Waals surface area contributed by atoms with Crippen LogP contribution in [0.2, 0.25) is 0 Å². The SMILES string of the molecule is CCc1nc(C)cc(N2CCCC2CC(O)c2cnn(C)c2)n1. The number of hydrogen-bond acceptors (Lipinski definition) is 5. The fourth-order valence-electron chi connectivity index (χ4n) is 3.31. The summed E-state index contributed by atoms with van der Waals surface area (Å²) in [5.74, 6) is 1.88. The molecule has 1 fully saturated rings. The van der Waals surface area contributed by atoms with E-state index in [-0.39, 0.29) is 0 Å². The molecule has 1 aliphatic rings. The van der Waals surface area contributed by atoms with Gasteiger partial charge in [-0.1, -0.05) is 6.92 Å². The third-order valence-corrected chi connectivity index (χ3v) is 4.48. The molecular formula is C17H25N5O. The van der Waals surface area contributed by atoms with E-state index in [1.165, 1.54) is 0 Å². The van der Waals surface area contributed by atoms with E-state index in [1.54, 1.807) is 10.9 Å². The lowest BCUT2D eigenvalue weighted by Gasteiger charge is -2.27. The molecule has 6 heteroatoms. The maximum atomic E-state index is 10.5. The van der Waals surface area contributed by atoms with Crippen molar-refractivity contribution in [2.75, 3.05) is 11.4 Å². The highest BCUT2D eigenvalue weighted by molar-refractivity contribution is 5.42. The smallest absolute Gasteiger partial charge is 0.132 e. The Labute approximate surface area is 137 Å². The molecule has 1 N–H and O–H groups in total. The lowest BCUT2D eigenvalue weighted by atomic mass is 10.0. The minimum Gasteiger partial charge on any atom is -0.388 e. The van der Waals surface area contributed by atoms with E-state index in [0.717, 1.165) is 48.7 Å². The van der Waals surface area contributed by atoms with Gasteiger partial charge in [-0.05, 0) is 26.2 Å². The van der Waals surface area contributed by atoms with E-state index in [9.17, 15) is 5.11 Å². The van der Waals surface area contributed by atoms with Gasteiger partial charge < -0.3 is 10.0 Å². The zero-order valence-corrected chi connectivity index (χ0v) is 14.1. The second-order valence-electron chi connectivity index (χ2n) is 6.33. The molecule has 2 aromatic heterocycles. The number of aromatic nitrogens is 4. The van der Waals surface area contributed by atoms with Gasteiger partial charge in [-0.15, -0.1) is 0 Å². The molecule has 0 amide bonds. The first-order valence-corrected chi connectivity index (χ1v) is 8.34. The summed E-state index contributed by atoms with van der Waals surface area (Å²) < 4.78 is 1.73. The molecule has 0 aromatic carbocycles. The largest absolute Gasteiger partial charge is 0.388 e. The summed E-state index contributed by atoms with van der Waals surface area (Å²) in [5, 5.41) is 14.6. The Balaban J connectivity index is 1.76. The molecule has 1 saturated heterocycles. The molecule has 6 nitrogen and oxygen atoms in total. The molecule has 0 radical (unpaired) electrons. The Bertz CT molecular complexity index is 669. The van der Waals surface area contributed by atoms with Crippen LogP contribution in [0.4, 0.5) is 5.82 Å². The van der Waals surface area contributed by atoms with Crippen molar-refractivity contribution in [1.29, 1.82) is 0 Å². The number of aliphatic hydroxyl groups is 1. The molecule has 124 valence electrons. The quantitative estimate of drug-likeness (QED) is 0.916. The summed E-state index contributed by atoms with van der Waals surface area (Å²) in [7, 11) is 1.87. The number of rotatable bonds is 5. The molecule has 0 saturated carbocycles. The Morgan fingerprint density at radius 2 is 2.22 bits per heavy atom. The van der Waals surface area contributed by atoms with E-state index >= 15 is 0 Å². The van der Waals surface area contributed by atoms with Crippen molar-refractivity contribution in [3.8, 4) is 0 Å². The molecule has 2 atom stereocenters. The van der Waals surface area contributed by atoms with Gasteiger partial charge in [0.05, 0.1) is 12.3 Å². The predicted octanol–water partition coefficient (Wildman–Crippen LogP) is 2.17. The first-order chi connectivity index (χ1) is 11.1. The minimum absolute atomic E-state index is 0.309. The van der Waals surface area contributed by atoms with Crippen LogP contribution in [-0.2, 0) is 13.5 Å². The van der Waals surface area contributed by atoms with Gasteiger partial charge in [0.2, 0.25) is 0 Å². The normalized spacial score (nSPS) is 19.3. The van der Waals surface area contributed by atoms with Crippen LogP contribution in [-0.4, -0.2) is 37.4 Å². The lowest BCUT2D eigenvalue weighted by Crippen LogP contribution is -2.31. The Hall–Kier alpha value is -1.95. The number of aryl methyl sites for hydroxylation is 3. The molecule has 1 aliphatic heterocycles. The highest BCUT2D eigenvalue weighted by Crippen LogP contribution is 2.30. The number of anilines is 1. The summed E-state index contributed by atoms with van der Waals surface area (Å²) in [6.45, 7) is 5.08. The Morgan fingerprint density at radius 1 is 1.39 bits per heavy atom. The van der Waals surface area contributed by atoms with Crippen LogP contribution in [0.3, 0.4) is 0 Å². The van der Waals surface area contributed by atoms with Gasteiger partial charge in [0, 0.05) is 49.6 Å². The van der Waals surface area contributed by atoms with Gasteiger partial charge in [0.25, 0.3) is 0 Å². The van der Waals surface area contributed by atoms with Crippen molar-refractivity contribution in [2.24, 2.45) is 7.05 Å². The second kappa shape index (κ2) is 6.66. The molecule has 3 rings (SSSR count). The molecular weight excluding hydrogens is 290 g/mol. The van der Waals surface area contributed by atoms with Gasteiger partial charge >= 0.3 is 0 Å². The summed E-state index contributed by atoms with van der Waals surface area (Å²) in [6.07, 6.45) is 6.91. The number of aliphatic hydroxyl groups excluding tert-OH is 1. The molecule has 2 unspecified atom stereocenters. The third-order valence-electron chi connectivity index (χ3n) is 4.48. The summed E-state index contributed by atoms with van der Waals surface area (Å²) >= 11 is 0. The van der Waals surface area contributed by atoms with Crippen LogP contribution in [0.5, 0.6) is 0 Å². The van der Waals surface area contributed by atoms with Crippen LogP contribution in [0, 0.1) is 6.92 Å². The monoisotopic (exact) mass is 315 g/mol. The van der Waals surface area contributed by atoms with Crippen molar-refractivity contribution in [1.82, 2.24) is 19.7 Å². The average molecular weight is 315 g/mol. The van der Waals surface area contributed by atoms with Crippen LogP contribution in [0.1, 0.15) is 49.4 Å². The highest BCUT2D eigenvalue weighted by Gasteiger charge is 2.29. The van der Waals surface area contributed by atoms with Crippen LogP contribution in [0.25, 0.3) is 0 Å². The number of hydrogen-bond donors (Lipinski definition) is 1. The van der Waals surface area contributed by atoms with Gasteiger partial charge in [0.1, 0.15) is 11.6 Å². The summed E-state index contributed by atoms with van der Waals surface area (Å²) in [6, 6.07) is 2.36. The van der Waals surface area contributed by atoms with Crippen molar-refractivity contribution in [3.05, 3.63) is 35.5 Å². The van der Waals surface area contributed by atoms with E-state index in [2.05, 4.69) is 26.9 Å². The average Bonchev–Trinajstić information content (AvgIpc) is 3.15. The Morgan fingerprint density at radius 3 is 2.91 bits per heavy atom. The van der Waals surface area contributed by atoms with Crippen LogP contribution < -0.4 is 4.90 Å². The summed E-state index contributed by atoms with van der Waals surface area (Å²) in [5.41, 5.74) is 1.89. The second-order valence-corrected chi connectivity index (χ2v) is 6.33. The molecule has 2 aromatic rings. The minimum atomic E-state index is -0.483. The van der Waals surface area contributed by atoms with Gasteiger partial charge in [-0.25, -0.2) is 9.97 Å². The zero-order valence-electron chi connectivity index (χ0n) is 14.1.